The van der Waals surface area contributed by atoms with Crippen LogP contribution < -0.4 is 5.69 Å². The highest BCUT2D eigenvalue weighted by Crippen LogP contribution is 2.26. The fourth-order valence-corrected chi connectivity index (χ4v) is 3.10. The lowest BCUT2D eigenvalue weighted by Gasteiger charge is -2.18. The summed E-state index contributed by atoms with van der Waals surface area (Å²) < 4.78 is 1.74. The second kappa shape index (κ2) is 6.20. The average Bonchev–Trinajstić information content (AvgIpc) is 2.86. The van der Waals surface area contributed by atoms with Gasteiger partial charge in [-0.1, -0.05) is 12.8 Å². The van der Waals surface area contributed by atoms with Crippen molar-refractivity contribution in [1.29, 1.82) is 0 Å². The molecular weight excluding hydrogens is 256 g/mol. The second-order valence-corrected chi connectivity index (χ2v) is 5.70. The molecule has 0 amide bonds. The Kier molecular flexibility index (Phi) is 4.57. The smallest absolute Gasteiger partial charge is 0.347 e. The second-order valence-electron chi connectivity index (χ2n) is 5.70. The summed E-state index contributed by atoms with van der Waals surface area (Å²) >= 11 is 0. The number of carboxylic acids is 1. The van der Waals surface area contributed by atoms with Crippen molar-refractivity contribution in [2.45, 2.75) is 58.9 Å². The standard InChI is InChI=1S/C15H22N2O3/c1-10-13(7-8-14(18)19)11(2)17(15(20)16-10)9-12-5-3-4-6-12/h12H,3-9H2,1-2H3,(H,18,19). The summed E-state index contributed by atoms with van der Waals surface area (Å²) in [4.78, 5) is 26.9. The maximum Gasteiger partial charge on any atom is 0.347 e. The van der Waals surface area contributed by atoms with Crippen molar-refractivity contribution >= 4 is 5.97 Å². The van der Waals surface area contributed by atoms with E-state index in [-0.39, 0.29) is 12.1 Å². The van der Waals surface area contributed by atoms with E-state index in [9.17, 15) is 9.59 Å². The Hall–Kier alpha value is -1.65. The topological polar surface area (TPSA) is 72.2 Å². The quantitative estimate of drug-likeness (QED) is 0.895. The number of hydrogen-bond acceptors (Lipinski definition) is 3. The Morgan fingerprint density at radius 1 is 1.35 bits per heavy atom. The van der Waals surface area contributed by atoms with Crippen molar-refractivity contribution in [3.63, 3.8) is 0 Å². The molecule has 1 aromatic heterocycles. The van der Waals surface area contributed by atoms with Gasteiger partial charge in [0.25, 0.3) is 0 Å². The zero-order chi connectivity index (χ0) is 14.7. The maximum atomic E-state index is 12.1. The van der Waals surface area contributed by atoms with Gasteiger partial charge < -0.3 is 5.11 Å². The molecule has 0 spiro atoms. The van der Waals surface area contributed by atoms with Crippen LogP contribution in [0.5, 0.6) is 0 Å². The number of aryl methyl sites for hydroxylation is 1. The van der Waals surface area contributed by atoms with Crippen LogP contribution in [-0.4, -0.2) is 20.6 Å². The molecule has 0 aromatic carbocycles. The first kappa shape index (κ1) is 14.8. The van der Waals surface area contributed by atoms with Crippen molar-refractivity contribution in [2.75, 3.05) is 0 Å². The SMILES string of the molecule is Cc1nc(=O)n(CC2CCCC2)c(C)c1CCC(=O)O. The van der Waals surface area contributed by atoms with Gasteiger partial charge in [-0.15, -0.1) is 0 Å². The highest BCUT2D eigenvalue weighted by atomic mass is 16.4. The molecule has 1 fully saturated rings. The summed E-state index contributed by atoms with van der Waals surface area (Å²) in [5, 5.41) is 8.82. The summed E-state index contributed by atoms with van der Waals surface area (Å²) in [7, 11) is 0. The third-order valence-electron chi connectivity index (χ3n) is 4.28. The molecule has 1 saturated carbocycles. The normalized spacial score (nSPS) is 15.7. The fraction of sp³-hybridized carbons (Fsp3) is 0.667. The molecule has 1 aromatic rings. The van der Waals surface area contributed by atoms with Crippen LogP contribution in [0.3, 0.4) is 0 Å². The van der Waals surface area contributed by atoms with Gasteiger partial charge in [0.15, 0.2) is 0 Å². The highest BCUT2D eigenvalue weighted by molar-refractivity contribution is 5.67. The molecule has 2 rings (SSSR count). The average molecular weight is 278 g/mol. The first-order chi connectivity index (χ1) is 9.49. The highest BCUT2D eigenvalue weighted by Gasteiger charge is 2.19. The minimum Gasteiger partial charge on any atom is -0.481 e. The maximum absolute atomic E-state index is 12.1. The van der Waals surface area contributed by atoms with Gasteiger partial charge in [-0.25, -0.2) is 4.79 Å². The molecule has 5 heteroatoms. The largest absolute Gasteiger partial charge is 0.481 e. The van der Waals surface area contributed by atoms with Crippen LogP contribution in [0.25, 0.3) is 0 Å². The molecule has 1 aliphatic rings. The van der Waals surface area contributed by atoms with Gasteiger partial charge in [-0.2, -0.15) is 4.98 Å². The number of carbonyl (C=O) groups is 1. The van der Waals surface area contributed by atoms with Crippen LogP contribution in [0.2, 0.25) is 0 Å². The molecule has 0 bridgehead atoms. The van der Waals surface area contributed by atoms with Crippen molar-refractivity contribution in [3.05, 3.63) is 27.4 Å². The number of aliphatic carboxylic acids is 1. The van der Waals surface area contributed by atoms with E-state index in [4.69, 9.17) is 5.11 Å². The van der Waals surface area contributed by atoms with Gasteiger partial charge in [0, 0.05) is 24.4 Å². The van der Waals surface area contributed by atoms with E-state index in [1.807, 2.05) is 6.92 Å². The zero-order valence-electron chi connectivity index (χ0n) is 12.2. The third-order valence-corrected chi connectivity index (χ3v) is 4.28. The van der Waals surface area contributed by atoms with E-state index < -0.39 is 5.97 Å². The van der Waals surface area contributed by atoms with Gasteiger partial charge in [-0.05, 0) is 44.6 Å². The summed E-state index contributed by atoms with van der Waals surface area (Å²) in [6.07, 6.45) is 5.33. The van der Waals surface area contributed by atoms with Crippen molar-refractivity contribution in [1.82, 2.24) is 9.55 Å². The lowest BCUT2D eigenvalue weighted by atomic mass is 10.0. The third kappa shape index (κ3) is 3.26. The molecule has 1 N–H and O–H groups in total. The number of hydrogen-bond donors (Lipinski definition) is 1. The predicted octanol–water partition coefficient (Wildman–Crippen LogP) is 2.07. The Balaban J connectivity index is 2.28. The number of nitrogens with zero attached hydrogens (tertiary/aromatic N) is 2. The van der Waals surface area contributed by atoms with Crippen LogP contribution >= 0.6 is 0 Å². The van der Waals surface area contributed by atoms with Crippen molar-refractivity contribution in [2.24, 2.45) is 5.92 Å². The molecule has 1 heterocycles. The molecule has 0 atom stereocenters. The molecule has 0 aliphatic heterocycles. The molecule has 1 aliphatic carbocycles. The van der Waals surface area contributed by atoms with Gasteiger partial charge in [0.05, 0.1) is 0 Å². The molecule has 0 saturated heterocycles. The Bertz CT molecular complexity index is 557. The zero-order valence-corrected chi connectivity index (χ0v) is 12.2. The summed E-state index contributed by atoms with van der Waals surface area (Å²) in [5.41, 5.74) is 2.25. The van der Waals surface area contributed by atoms with E-state index in [2.05, 4.69) is 4.98 Å². The van der Waals surface area contributed by atoms with Crippen molar-refractivity contribution in [3.8, 4) is 0 Å². The van der Waals surface area contributed by atoms with E-state index in [0.717, 1.165) is 17.8 Å². The molecule has 0 unspecified atom stereocenters. The van der Waals surface area contributed by atoms with Crippen LogP contribution in [0, 0.1) is 19.8 Å². The van der Waals surface area contributed by atoms with Crippen LogP contribution in [0.4, 0.5) is 0 Å². The van der Waals surface area contributed by atoms with E-state index in [1.54, 1.807) is 11.5 Å². The minimum atomic E-state index is -0.822. The van der Waals surface area contributed by atoms with Crippen LogP contribution in [0.1, 0.15) is 49.1 Å². The Labute approximate surface area is 118 Å². The van der Waals surface area contributed by atoms with Gasteiger partial charge in [-0.3, -0.25) is 9.36 Å². The van der Waals surface area contributed by atoms with Crippen LogP contribution in [-0.2, 0) is 17.8 Å². The summed E-state index contributed by atoms with van der Waals surface area (Å²) in [5.74, 6) is -0.263. The van der Waals surface area contributed by atoms with Gasteiger partial charge >= 0.3 is 11.7 Å². The molecule has 5 nitrogen and oxygen atoms in total. The summed E-state index contributed by atoms with van der Waals surface area (Å²) in [6, 6.07) is 0. The van der Waals surface area contributed by atoms with E-state index >= 15 is 0 Å². The van der Waals surface area contributed by atoms with E-state index in [0.29, 0.717) is 18.0 Å². The Morgan fingerprint density at radius 2 is 2.00 bits per heavy atom. The van der Waals surface area contributed by atoms with Gasteiger partial charge in [0.1, 0.15) is 0 Å². The van der Waals surface area contributed by atoms with Gasteiger partial charge in [0.2, 0.25) is 0 Å². The van der Waals surface area contributed by atoms with Crippen molar-refractivity contribution < 1.29 is 9.90 Å². The monoisotopic (exact) mass is 278 g/mol. The minimum absolute atomic E-state index is 0.0744. The van der Waals surface area contributed by atoms with Crippen LogP contribution in [0.15, 0.2) is 4.79 Å². The fourth-order valence-electron chi connectivity index (χ4n) is 3.10. The molecule has 110 valence electrons. The number of aromatic nitrogens is 2. The molecule has 0 radical (unpaired) electrons. The predicted molar refractivity (Wildman–Crippen MR) is 75.9 cm³/mol. The summed E-state index contributed by atoms with van der Waals surface area (Å²) in [6.45, 7) is 4.41. The first-order valence-corrected chi connectivity index (χ1v) is 7.27. The number of carboxylic acid groups (broad SMARTS) is 1. The molecule has 20 heavy (non-hydrogen) atoms. The van der Waals surface area contributed by atoms with E-state index in [1.165, 1.54) is 25.7 Å². The lowest BCUT2D eigenvalue weighted by molar-refractivity contribution is -0.136. The number of rotatable bonds is 5. The first-order valence-electron chi connectivity index (χ1n) is 7.27. The molecular formula is C15H22N2O3. The Morgan fingerprint density at radius 3 is 2.60 bits per heavy atom. The lowest BCUT2D eigenvalue weighted by Crippen LogP contribution is -2.30.